The molecule has 0 saturated heterocycles. The lowest BCUT2D eigenvalue weighted by Crippen LogP contribution is -1.81. The van der Waals surface area contributed by atoms with Crippen LogP contribution in [0.15, 0.2) is 30.3 Å². The minimum absolute atomic E-state index is 0.910. The van der Waals surface area contributed by atoms with Gasteiger partial charge in [0.25, 0.3) is 0 Å². The van der Waals surface area contributed by atoms with Gasteiger partial charge in [-0.3, -0.25) is 0 Å². The first-order chi connectivity index (χ1) is 5.66. The topological polar surface area (TPSA) is 66.8 Å². The first-order valence-electron chi connectivity index (χ1n) is 3.17. The second kappa shape index (κ2) is 6.03. The number of carboxylic acid groups (broad SMARTS) is 2. The number of rotatable bonds is 1. The molecule has 0 radical (unpaired) electrons. The van der Waals surface area contributed by atoms with Gasteiger partial charge in [0.15, 0.2) is 0 Å². The number of para-hydroxylation sites is 1. The van der Waals surface area contributed by atoms with Crippen LogP contribution in [0.3, 0.4) is 0 Å². The second-order valence-electron chi connectivity index (χ2n) is 1.80. The van der Waals surface area contributed by atoms with Gasteiger partial charge < -0.3 is 14.9 Å². The fourth-order valence-corrected chi connectivity index (χ4v) is 0.557. The van der Waals surface area contributed by atoms with Crippen molar-refractivity contribution < 1.29 is 19.7 Å². The Morgan fingerprint density at radius 1 is 1.25 bits per heavy atom. The van der Waals surface area contributed by atoms with Gasteiger partial charge in [0.1, 0.15) is 5.75 Å². The monoisotopic (exact) mass is 170 g/mol. The Balaban J connectivity index is 0.000000261. The van der Waals surface area contributed by atoms with Crippen LogP contribution in [0.5, 0.6) is 5.75 Å². The molecule has 0 heterocycles. The van der Waals surface area contributed by atoms with Crippen LogP contribution in [-0.2, 0) is 0 Å². The van der Waals surface area contributed by atoms with Gasteiger partial charge >= 0.3 is 6.16 Å². The van der Waals surface area contributed by atoms with Crippen LogP contribution < -0.4 is 4.74 Å². The van der Waals surface area contributed by atoms with Gasteiger partial charge in [0.2, 0.25) is 0 Å². The van der Waals surface area contributed by atoms with Crippen LogP contribution in [0.1, 0.15) is 0 Å². The highest BCUT2D eigenvalue weighted by molar-refractivity contribution is 5.53. The van der Waals surface area contributed by atoms with Crippen molar-refractivity contribution in [3.8, 4) is 5.75 Å². The minimum atomic E-state index is -1.83. The summed E-state index contributed by atoms with van der Waals surface area (Å²) in [6.07, 6.45) is -1.83. The van der Waals surface area contributed by atoms with Crippen molar-refractivity contribution in [1.82, 2.24) is 0 Å². The first-order valence-corrected chi connectivity index (χ1v) is 3.17. The average molecular weight is 170 g/mol. The molecular formula is C8H10O4. The quantitative estimate of drug-likeness (QED) is 0.675. The molecule has 0 bridgehead atoms. The van der Waals surface area contributed by atoms with Crippen LogP contribution in [0.25, 0.3) is 0 Å². The van der Waals surface area contributed by atoms with Crippen molar-refractivity contribution in [2.45, 2.75) is 0 Å². The van der Waals surface area contributed by atoms with E-state index in [0.717, 1.165) is 5.75 Å². The third-order valence-electron chi connectivity index (χ3n) is 0.979. The van der Waals surface area contributed by atoms with E-state index in [1.165, 1.54) is 0 Å². The molecule has 0 saturated carbocycles. The van der Waals surface area contributed by atoms with Gasteiger partial charge in [-0.25, -0.2) is 4.79 Å². The van der Waals surface area contributed by atoms with Gasteiger partial charge in [-0.05, 0) is 12.1 Å². The standard InChI is InChI=1S/C7H8O.CH2O3/c1-8-7-5-3-2-4-6-7;2-1(3)4/h2-6H,1H3;(H2,2,3,4). The van der Waals surface area contributed by atoms with Crippen LogP contribution in [0.2, 0.25) is 0 Å². The van der Waals surface area contributed by atoms with E-state index in [4.69, 9.17) is 19.7 Å². The Morgan fingerprint density at radius 3 is 1.92 bits per heavy atom. The maximum Gasteiger partial charge on any atom is 0.503 e. The molecule has 12 heavy (non-hydrogen) atoms. The van der Waals surface area contributed by atoms with Crippen LogP contribution in [0.4, 0.5) is 4.79 Å². The highest BCUT2D eigenvalue weighted by Crippen LogP contribution is 2.05. The SMILES string of the molecule is COc1ccccc1.O=C(O)O. The van der Waals surface area contributed by atoms with E-state index in [1.807, 2.05) is 30.3 Å². The lowest BCUT2D eigenvalue weighted by atomic mass is 10.3. The van der Waals surface area contributed by atoms with Crippen molar-refractivity contribution in [2.75, 3.05) is 7.11 Å². The third-order valence-corrected chi connectivity index (χ3v) is 0.979. The largest absolute Gasteiger partial charge is 0.503 e. The Morgan fingerprint density at radius 2 is 1.67 bits per heavy atom. The maximum atomic E-state index is 8.56. The molecule has 1 aromatic carbocycles. The normalized spacial score (nSPS) is 7.75. The average Bonchev–Trinajstić information content (AvgIpc) is 2.05. The van der Waals surface area contributed by atoms with E-state index in [0.29, 0.717) is 0 Å². The first kappa shape index (κ1) is 10.3. The zero-order valence-corrected chi connectivity index (χ0v) is 6.60. The number of carbonyl (C=O) groups is 1. The van der Waals surface area contributed by atoms with E-state index in [1.54, 1.807) is 7.11 Å². The van der Waals surface area contributed by atoms with E-state index in [9.17, 15) is 0 Å². The molecule has 0 aliphatic carbocycles. The molecule has 1 aromatic rings. The van der Waals surface area contributed by atoms with Gasteiger partial charge in [0, 0.05) is 0 Å². The Labute approximate surface area is 70.0 Å². The second-order valence-corrected chi connectivity index (χ2v) is 1.80. The highest BCUT2D eigenvalue weighted by atomic mass is 16.6. The Bertz CT molecular complexity index is 216. The molecule has 66 valence electrons. The Kier molecular flexibility index (Phi) is 5.17. The molecule has 0 unspecified atom stereocenters. The molecule has 1 rings (SSSR count). The summed E-state index contributed by atoms with van der Waals surface area (Å²) < 4.78 is 4.91. The lowest BCUT2D eigenvalue weighted by Gasteiger charge is -1.93. The van der Waals surface area contributed by atoms with Gasteiger partial charge in [-0.2, -0.15) is 0 Å². The number of hydrogen-bond donors (Lipinski definition) is 2. The summed E-state index contributed by atoms with van der Waals surface area (Å²) in [5.74, 6) is 0.910. The molecule has 0 aliphatic heterocycles. The third kappa shape index (κ3) is 6.41. The maximum absolute atomic E-state index is 8.56. The summed E-state index contributed by atoms with van der Waals surface area (Å²) in [4.78, 5) is 8.56. The van der Waals surface area contributed by atoms with E-state index in [-0.39, 0.29) is 0 Å². The van der Waals surface area contributed by atoms with Crippen molar-refractivity contribution in [3.05, 3.63) is 30.3 Å². The van der Waals surface area contributed by atoms with E-state index >= 15 is 0 Å². The Hall–Kier alpha value is -1.71. The predicted octanol–water partition coefficient (Wildman–Crippen LogP) is 1.92. The number of ether oxygens (including phenoxy) is 1. The lowest BCUT2D eigenvalue weighted by molar-refractivity contribution is 0.137. The molecule has 2 N–H and O–H groups in total. The molecule has 0 atom stereocenters. The highest BCUT2D eigenvalue weighted by Gasteiger charge is 1.80. The summed E-state index contributed by atoms with van der Waals surface area (Å²) in [6, 6.07) is 9.68. The number of methoxy groups -OCH3 is 1. The fourth-order valence-electron chi connectivity index (χ4n) is 0.557. The van der Waals surface area contributed by atoms with Gasteiger partial charge in [-0.15, -0.1) is 0 Å². The minimum Gasteiger partial charge on any atom is -0.497 e. The van der Waals surface area contributed by atoms with E-state index in [2.05, 4.69) is 0 Å². The summed E-state index contributed by atoms with van der Waals surface area (Å²) in [6.45, 7) is 0. The van der Waals surface area contributed by atoms with Crippen molar-refractivity contribution in [2.24, 2.45) is 0 Å². The molecule has 0 spiro atoms. The fraction of sp³-hybridized carbons (Fsp3) is 0.125. The summed E-state index contributed by atoms with van der Waals surface area (Å²) in [5, 5.41) is 13.9. The zero-order chi connectivity index (χ0) is 9.40. The van der Waals surface area contributed by atoms with Crippen molar-refractivity contribution in [3.63, 3.8) is 0 Å². The summed E-state index contributed by atoms with van der Waals surface area (Å²) >= 11 is 0. The molecule has 0 fully saturated rings. The van der Waals surface area contributed by atoms with Gasteiger partial charge in [-0.1, -0.05) is 18.2 Å². The molecule has 0 aromatic heterocycles. The number of hydrogen-bond acceptors (Lipinski definition) is 2. The summed E-state index contributed by atoms with van der Waals surface area (Å²) in [7, 11) is 1.66. The smallest absolute Gasteiger partial charge is 0.497 e. The van der Waals surface area contributed by atoms with E-state index < -0.39 is 6.16 Å². The van der Waals surface area contributed by atoms with Crippen LogP contribution in [0, 0.1) is 0 Å². The van der Waals surface area contributed by atoms with Crippen LogP contribution >= 0.6 is 0 Å². The zero-order valence-electron chi connectivity index (χ0n) is 6.60. The molecule has 4 nitrogen and oxygen atoms in total. The van der Waals surface area contributed by atoms with Crippen molar-refractivity contribution >= 4 is 6.16 Å². The van der Waals surface area contributed by atoms with Crippen LogP contribution in [-0.4, -0.2) is 23.5 Å². The molecule has 0 aliphatic rings. The summed E-state index contributed by atoms with van der Waals surface area (Å²) in [5.41, 5.74) is 0. The molecule has 0 amide bonds. The number of benzene rings is 1. The predicted molar refractivity (Wildman–Crippen MR) is 43.6 cm³/mol. The van der Waals surface area contributed by atoms with Gasteiger partial charge in [0.05, 0.1) is 7.11 Å². The molecule has 4 heteroatoms. The molecular weight excluding hydrogens is 160 g/mol. The van der Waals surface area contributed by atoms with Crippen molar-refractivity contribution in [1.29, 1.82) is 0 Å².